The minimum absolute atomic E-state index is 0.0470. The van der Waals surface area contributed by atoms with Crippen LogP contribution in [0.5, 0.6) is 0 Å². The minimum atomic E-state index is -0.171. The SMILES string of the molecule is CCCCN(Cc1nc2ccccc2c(=O)[nH]1)C(=O)C=C(C)C. The molecule has 5 nitrogen and oxygen atoms in total. The summed E-state index contributed by atoms with van der Waals surface area (Å²) in [5.41, 5.74) is 1.43. The highest BCUT2D eigenvalue weighted by molar-refractivity contribution is 5.88. The number of nitrogens with zero attached hydrogens (tertiary/aromatic N) is 2. The molecule has 0 unspecified atom stereocenters. The molecular formula is C18H23N3O2. The summed E-state index contributed by atoms with van der Waals surface area (Å²) < 4.78 is 0. The Morgan fingerprint density at radius 2 is 2.04 bits per heavy atom. The number of rotatable bonds is 6. The van der Waals surface area contributed by atoms with Gasteiger partial charge in [-0.25, -0.2) is 4.98 Å². The predicted octanol–water partition coefficient (Wildman–Crippen LogP) is 3.02. The summed E-state index contributed by atoms with van der Waals surface area (Å²) in [4.78, 5) is 33.5. The summed E-state index contributed by atoms with van der Waals surface area (Å²) >= 11 is 0. The van der Waals surface area contributed by atoms with Crippen molar-refractivity contribution in [2.24, 2.45) is 0 Å². The second-order valence-corrected chi connectivity index (χ2v) is 5.86. The topological polar surface area (TPSA) is 66.1 Å². The first-order valence-corrected chi connectivity index (χ1v) is 7.93. The standard InChI is InChI=1S/C18H23N3O2/c1-4-5-10-21(17(22)11-13(2)3)12-16-19-15-9-7-6-8-14(15)18(23)20-16/h6-9,11H,4-5,10,12H2,1-3H3,(H,19,20,23). The Kier molecular flexibility index (Phi) is 5.68. The van der Waals surface area contributed by atoms with Crippen LogP contribution < -0.4 is 5.56 Å². The molecule has 0 aliphatic heterocycles. The van der Waals surface area contributed by atoms with Crippen LogP contribution in [0.3, 0.4) is 0 Å². The number of fused-ring (bicyclic) bond motifs is 1. The molecule has 1 amide bonds. The number of H-pyrrole nitrogens is 1. The molecule has 0 fully saturated rings. The van der Waals surface area contributed by atoms with Crippen LogP contribution in [0.4, 0.5) is 0 Å². The molecule has 0 aliphatic carbocycles. The number of aromatic nitrogens is 2. The molecule has 0 radical (unpaired) electrons. The van der Waals surface area contributed by atoms with Crippen molar-refractivity contribution in [3.63, 3.8) is 0 Å². The average molecular weight is 313 g/mol. The quantitative estimate of drug-likeness (QED) is 0.834. The number of benzene rings is 1. The van der Waals surface area contributed by atoms with Gasteiger partial charge >= 0.3 is 0 Å². The molecule has 1 aromatic heterocycles. The third kappa shape index (κ3) is 4.52. The van der Waals surface area contributed by atoms with Crippen LogP contribution in [0.25, 0.3) is 10.9 Å². The number of nitrogens with one attached hydrogen (secondary N) is 1. The third-order valence-electron chi connectivity index (χ3n) is 3.51. The molecule has 0 bridgehead atoms. The van der Waals surface area contributed by atoms with E-state index in [9.17, 15) is 9.59 Å². The van der Waals surface area contributed by atoms with Gasteiger partial charge in [0.2, 0.25) is 5.91 Å². The molecule has 2 aromatic rings. The van der Waals surface area contributed by atoms with E-state index >= 15 is 0 Å². The van der Waals surface area contributed by atoms with Gasteiger partial charge in [-0.15, -0.1) is 0 Å². The summed E-state index contributed by atoms with van der Waals surface area (Å²) in [5.74, 6) is 0.467. The molecule has 0 saturated carbocycles. The number of hydrogen-bond donors (Lipinski definition) is 1. The maximum absolute atomic E-state index is 12.3. The van der Waals surface area contributed by atoms with Crippen LogP contribution in [0.1, 0.15) is 39.4 Å². The molecule has 0 aliphatic rings. The maximum Gasteiger partial charge on any atom is 0.258 e. The highest BCUT2D eigenvalue weighted by Crippen LogP contribution is 2.09. The van der Waals surface area contributed by atoms with E-state index in [-0.39, 0.29) is 11.5 Å². The van der Waals surface area contributed by atoms with Gasteiger partial charge in [-0.05, 0) is 32.4 Å². The fourth-order valence-corrected chi connectivity index (χ4v) is 2.34. The number of allylic oxidation sites excluding steroid dienone is 1. The Bertz CT molecular complexity index is 773. The number of amides is 1. The van der Waals surface area contributed by atoms with E-state index in [1.165, 1.54) is 0 Å². The van der Waals surface area contributed by atoms with Crippen molar-refractivity contribution in [3.8, 4) is 0 Å². The molecule has 122 valence electrons. The van der Waals surface area contributed by atoms with Gasteiger partial charge in [0, 0.05) is 12.6 Å². The van der Waals surface area contributed by atoms with Gasteiger partial charge in [0.25, 0.3) is 5.56 Å². The van der Waals surface area contributed by atoms with Crippen molar-refractivity contribution in [2.45, 2.75) is 40.2 Å². The molecular weight excluding hydrogens is 290 g/mol. The molecule has 0 atom stereocenters. The number of hydrogen-bond acceptors (Lipinski definition) is 3. The van der Waals surface area contributed by atoms with Crippen LogP contribution in [0.15, 0.2) is 40.7 Å². The average Bonchev–Trinajstić information content (AvgIpc) is 2.50. The predicted molar refractivity (Wildman–Crippen MR) is 92.1 cm³/mol. The summed E-state index contributed by atoms with van der Waals surface area (Å²) in [7, 11) is 0. The molecule has 2 rings (SSSR count). The Morgan fingerprint density at radius 3 is 2.74 bits per heavy atom. The second kappa shape index (κ2) is 7.72. The smallest absolute Gasteiger partial charge is 0.258 e. The normalized spacial score (nSPS) is 10.6. The van der Waals surface area contributed by atoms with Crippen LogP contribution in [-0.4, -0.2) is 27.3 Å². The largest absolute Gasteiger partial charge is 0.332 e. The summed E-state index contributed by atoms with van der Waals surface area (Å²) in [6.45, 7) is 6.83. The fraction of sp³-hybridized carbons (Fsp3) is 0.389. The molecule has 23 heavy (non-hydrogen) atoms. The maximum atomic E-state index is 12.3. The van der Waals surface area contributed by atoms with E-state index in [0.717, 1.165) is 18.4 Å². The lowest BCUT2D eigenvalue weighted by atomic mass is 10.2. The molecule has 5 heteroatoms. The van der Waals surface area contributed by atoms with Gasteiger partial charge in [0.15, 0.2) is 0 Å². The Hall–Kier alpha value is -2.43. The van der Waals surface area contributed by atoms with Gasteiger partial charge < -0.3 is 9.88 Å². The first-order chi connectivity index (χ1) is 11.0. The van der Waals surface area contributed by atoms with Crippen LogP contribution in [0, 0.1) is 0 Å². The van der Waals surface area contributed by atoms with E-state index < -0.39 is 0 Å². The summed E-state index contributed by atoms with van der Waals surface area (Å²) in [5, 5.41) is 0.562. The molecule has 1 aromatic carbocycles. The number of carbonyl (C=O) groups excluding carboxylic acids is 1. The van der Waals surface area contributed by atoms with E-state index in [4.69, 9.17) is 0 Å². The van der Waals surface area contributed by atoms with Crippen LogP contribution in [0.2, 0.25) is 0 Å². The summed E-state index contributed by atoms with van der Waals surface area (Å²) in [6.07, 6.45) is 3.54. The fourth-order valence-electron chi connectivity index (χ4n) is 2.34. The first-order valence-electron chi connectivity index (χ1n) is 7.93. The lowest BCUT2D eigenvalue weighted by Crippen LogP contribution is -2.31. The summed E-state index contributed by atoms with van der Waals surface area (Å²) in [6, 6.07) is 7.21. The van der Waals surface area contributed by atoms with Crippen molar-refractivity contribution in [1.29, 1.82) is 0 Å². The van der Waals surface area contributed by atoms with Gasteiger partial charge in [-0.2, -0.15) is 0 Å². The number of carbonyl (C=O) groups is 1. The Balaban J connectivity index is 2.30. The van der Waals surface area contributed by atoms with Gasteiger partial charge in [-0.3, -0.25) is 9.59 Å². The zero-order valence-electron chi connectivity index (χ0n) is 13.9. The Morgan fingerprint density at radius 1 is 1.30 bits per heavy atom. The van der Waals surface area contributed by atoms with Crippen LogP contribution in [-0.2, 0) is 11.3 Å². The molecule has 1 heterocycles. The zero-order valence-corrected chi connectivity index (χ0v) is 13.9. The Labute approximate surface area is 136 Å². The monoisotopic (exact) mass is 313 g/mol. The van der Waals surface area contributed by atoms with Gasteiger partial charge in [0.1, 0.15) is 5.82 Å². The first kappa shape index (κ1) is 16.9. The van der Waals surface area contributed by atoms with Crippen molar-refractivity contribution in [2.75, 3.05) is 6.54 Å². The van der Waals surface area contributed by atoms with Crippen molar-refractivity contribution in [3.05, 3.63) is 52.1 Å². The van der Waals surface area contributed by atoms with Crippen molar-refractivity contribution in [1.82, 2.24) is 14.9 Å². The highest BCUT2D eigenvalue weighted by Gasteiger charge is 2.13. The van der Waals surface area contributed by atoms with E-state index in [1.54, 1.807) is 17.0 Å². The number of aromatic amines is 1. The molecule has 1 N–H and O–H groups in total. The second-order valence-electron chi connectivity index (χ2n) is 5.86. The van der Waals surface area contributed by atoms with Gasteiger partial charge in [0.05, 0.1) is 17.4 Å². The molecule has 0 saturated heterocycles. The van der Waals surface area contributed by atoms with E-state index in [1.807, 2.05) is 32.0 Å². The van der Waals surface area contributed by atoms with Crippen molar-refractivity contribution >= 4 is 16.8 Å². The van der Waals surface area contributed by atoms with E-state index in [0.29, 0.717) is 29.8 Å². The molecule has 0 spiro atoms. The van der Waals surface area contributed by atoms with E-state index in [2.05, 4.69) is 16.9 Å². The van der Waals surface area contributed by atoms with Crippen molar-refractivity contribution < 1.29 is 4.79 Å². The minimum Gasteiger partial charge on any atom is -0.332 e. The van der Waals surface area contributed by atoms with Crippen LogP contribution >= 0.6 is 0 Å². The lowest BCUT2D eigenvalue weighted by Gasteiger charge is -2.20. The number of para-hydroxylation sites is 1. The lowest BCUT2D eigenvalue weighted by molar-refractivity contribution is -0.126. The third-order valence-corrected chi connectivity index (χ3v) is 3.51. The number of unbranched alkanes of at least 4 members (excludes halogenated alkanes) is 1. The van der Waals surface area contributed by atoms with Gasteiger partial charge in [-0.1, -0.05) is 31.1 Å². The zero-order chi connectivity index (χ0) is 16.8. The highest BCUT2D eigenvalue weighted by atomic mass is 16.2.